The summed E-state index contributed by atoms with van der Waals surface area (Å²) in [5, 5.41) is 5.57. The molecule has 2 rings (SSSR count). The van der Waals surface area contributed by atoms with Crippen LogP contribution < -0.4 is 15.4 Å². The van der Waals surface area contributed by atoms with Crippen molar-refractivity contribution < 1.29 is 22.3 Å². The Labute approximate surface area is 135 Å². The van der Waals surface area contributed by atoms with Gasteiger partial charge < -0.3 is 15.4 Å². The minimum atomic E-state index is -3.60. The number of halogens is 1. The molecule has 0 atom stereocenters. The molecule has 0 saturated carbocycles. The molecule has 1 aliphatic rings. The predicted octanol–water partition coefficient (Wildman–Crippen LogP) is 1.33. The lowest BCUT2D eigenvalue weighted by atomic mass is 9.95. The minimum Gasteiger partial charge on any atom is -0.491 e. The quantitative estimate of drug-likeness (QED) is 0.842. The number of amides is 1. The number of benzene rings is 1. The van der Waals surface area contributed by atoms with E-state index in [9.17, 15) is 17.6 Å². The smallest absolute Gasteiger partial charge is 0.245 e. The zero-order valence-corrected chi connectivity index (χ0v) is 14.0. The van der Waals surface area contributed by atoms with E-state index in [-0.39, 0.29) is 24.3 Å². The van der Waals surface area contributed by atoms with E-state index in [1.807, 2.05) is 0 Å². The van der Waals surface area contributed by atoms with Crippen LogP contribution in [0.15, 0.2) is 18.2 Å². The van der Waals surface area contributed by atoms with Gasteiger partial charge in [-0.15, -0.1) is 0 Å². The molecule has 1 fully saturated rings. The van der Waals surface area contributed by atoms with Gasteiger partial charge in [0.05, 0.1) is 6.61 Å². The number of hydrogen-bond acceptors (Lipinski definition) is 5. The molecule has 0 spiro atoms. The van der Waals surface area contributed by atoms with Crippen molar-refractivity contribution in [2.45, 2.75) is 24.5 Å². The Hall–Kier alpha value is -1.67. The molecule has 6 nitrogen and oxygen atoms in total. The van der Waals surface area contributed by atoms with Crippen molar-refractivity contribution in [1.82, 2.24) is 5.32 Å². The van der Waals surface area contributed by atoms with Crippen LogP contribution in [-0.4, -0.2) is 45.0 Å². The minimum absolute atomic E-state index is 0.0881. The van der Waals surface area contributed by atoms with E-state index in [0.29, 0.717) is 19.7 Å². The zero-order valence-electron chi connectivity index (χ0n) is 13.2. The molecule has 128 valence electrons. The van der Waals surface area contributed by atoms with Gasteiger partial charge in [-0.3, -0.25) is 4.79 Å². The molecular weight excluding hydrogens is 323 g/mol. The highest BCUT2D eigenvalue weighted by Crippen LogP contribution is 2.30. The first kappa shape index (κ1) is 17.7. The van der Waals surface area contributed by atoms with Gasteiger partial charge in [0.15, 0.2) is 26.2 Å². The van der Waals surface area contributed by atoms with E-state index >= 15 is 0 Å². The molecule has 0 bridgehead atoms. The van der Waals surface area contributed by atoms with E-state index in [0.717, 1.165) is 12.3 Å². The highest BCUT2D eigenvalue weighted by atomic mass is 32.2. The molecule has 0 aliphatic carbocycles. The van der Waals surface area contributed by atoms with Crippen LogP contribution in [-0.2, 0) is 14.6 Å². The maximum Gasteiger partial charge on any atom is 0.245 e. The van der Waals surface area contributed by atoms with Crippen molar-refractivity contribution in [3.05, 3.63) is 24.0 Å². The summed E-state index contributed by atoms with van der Waals surface area (Å²) in [6.07, 6.45) is 1.45. The van der Waals surface area contributed by atoms with Crippen LogP contribution in [0.3, 0.4) is 0 Å². The summed E-state index contributed by atoms with van der Waals surface area (Å²) in [5.41, 5.74) is 0.206. The Bertz CT molecular complexity index is 685. The maximum atomic E-state index is 13.9. The van der Waals surface area contributed by atoms with Gasteiger partial charge in [0.2, 0.25) is 5.91 Å². The lowest BCUT2D eigenvalue weighted by Crippen LogP contribution is -2.55. The monoisotopic (exact) mass is 344 g/mol. The third-order valence-corrected chi connectivity index (χ3v) is 6.04. The Morgan fingerprint density at radius 1 is 1.39 bits per heavy atom. The van der Waals surface area contributed by atoms with E-state index < -0.39 is 26.3 Å². The summed E-state index contributed by atoms with van der Waals surface area (Å²) in [7, 11) is -3.60. The summed E-state index contributed by atoms with van der Waals surface area (Å²) in [5.74, 6) is -1.14. The first-order valence-corrected chi connectivity index (χ1v) is 9.33. The van der Waals surface area contributed by atoms with Gasteiger partial charge in [-0.25, -0.2) is 12.8 Å². The second kappa shape index (κ2) is 6.84. The van der Waals surface area contributed by atoms with Gasteiger partial charge in [-0.1, -0.05) is 0 Å². The molecule has 1 aromatic carbocycles. The molecule has 8 heteroatoms. The molecule has 1 heterocycles. The number of sulfone groups is 1. The van der Waals surface area contributed by atoms with Crippen molar-refractivity contribution in [3.63, 3.8) is 0 Å². The number of hydrogen-bond donors (Lipinski definition) is 2. The number of carbonyl (C=O) groups excluding carboxylic acids is 1. The van der Waals surface area contributed by atoms with Crippen LogP contribution in [0, 0.1) is 5.82 Å². The van der Waals surface area contributed by atoms with Gasteiger partial charge in [0.1, 0.15) is 0 Å². The van der Waals surface area contributed by atoms with E-state index in [4.69, 9.17) is 4.74 Å². The SMILES string of the molecule is CCOc1ccc(NC(=O)C2(S(C)(=O)=O)CCNCC2)cc1F. The second-order valence-corrected chi connectivity index (χ2v) is 7.87. The third kappa shape index (κ3) is 3.64. The Morgan fingerprint density at radius 3 is 2.57 bits per heavy atom. The van der Waals surface area contributed by atoms with Crippen LogP contribution in [0.1, 0.15) is 19.8 Å². The average molecular weight is 344 g/mol. The fourth-order valence-corrected chi connectivity index (χ4v) is 4.03. The van der Waals surface area contributed by atoms with Gasteiger partial charge in [-0.2, -0.15) is 0 Å². The van der Waals surface area contributed by atoms with Crippen LogP contribution in [0.25, 0.3) is 0 Å². The highest BCUT2D eigenvalue weighted by Gasteiger charge is 2.48. The molecule has 1 aromatic rings. The summed E-state index contributed by atoms with van der Waals surface area (Å²) >= 11 is 0. The first-order chi connectivity index (χ1) is 10.8. The Morgan fingerprint density at radius 2 is 2.04 bits per heavy atom. The largest absolute Gasteiger partial charge is 0.491 e. The van der Waals surface area contributed by atoms with Crippen LogP contribution in [0.4, 0.5) is 10.1 Å². The lowest BCUT2D eigenvalue weighted by Gasteiger charge is -2.34. The highest BCUT2D eigenvalue weighted by molar-refractivity contribution is 7.92. The fourth-order valence-electron chi connectivity index (χ4n) is 2.69. The molecule has 2 N–H and O–H groups in total. The number of carbonyl (C=O) groups is 1. The van der Waals surface area contributed by atoms with Crippen LogP contribution in [0.5, 0.6) is 5.75 Å². The van der Waals surface area contributed by atoms with Crippen molar-refractivity contribution in [2.75, 3.05) is 31.3 Å². The number of ether oxygens (including phenoxy) is 1. The van der Waals surface area contributed by atoms with Gasteiger partial charge in [0.25, 0.3) is 0 Å². The van der Waals surface area contributed by atoms with Crippen LogP contribution in [0.2, 0.25) is 0 Å². The molecule has 0 radical (unpaired) electrons. The third-order valence-electron chi connectivity index (χ3n) is 4.02. The van der Waals surface area contributed by atoms with Crippen molar-refractivity contribution >= 4 is 21.4 Å². The number of piperidine rings is 1. The van der Waals surface area contributed by atoms with Crippen molar-refractivity contribution in [3.8, 4) is 5.75 Å². The number of anilines is 1. The summed E-state index contributed by atoms with van der Waals surface area (Å²) < 4.78 is 41.8. The lowest BCUT2D eigenvalue weighted by molar-refractivity contribution is -0.119. The fraction of sp³-hybridized carbons (Fsp3) is 0.533. The average Bonchev–Trinajstić information content (AvgIpc) is 2.49. The van der Waals surface area contributed by atoms with E-state index in [2.05, 4.69) is 10.6 Å². The summed E-state index contributed by atoms with van der Waals surface area (Å²) in [4.78, 5) is 12.6. The van der Waals surface area contributed by atoms with Crippen molar-refractivity contribution in [2.24, 2.45) is 0 Å². The van der Waals surface area contributed by atoms with Crippen LogP contribution >= 0.6 is 0 Å². The Kier molecular flexibility index (Phi) is 5.26. The van der Waals surface area contributed by atoms with Gasteiger partial charge in [0, 0.05) is 18.0 Å². The van der Waals surface area contributed by atoms with E-state index in [1.165, 1.54) is 12.1 Å². The molecule has 1 aliphatic heterocycles. The zero-order chi connectivity index (χ0) is 17.1. The molecule has 23 heavy (non-hydrogen) atoms. The summed E-state index contributed by atoms with van der Waals surface area (Å²) in [6, 6.07) is 4.02. The van der Waals surface area contributed by atoms with Crippen molar-refractivity contribution in [1.29, 1.82) is 0 Å². The molecule has 1 amide bonds. The molecule has 1 saturated heterocycles. The first-order valence-electron chi connectivity index (χ1n) is 7.44. The molecular formula is C15H21FN2O4S. The maximum absolute atomic E-state index is 13.9. The normalized spacial score (nSPS) is 17.5. The number of nitrogens with one attached hydrogen (secondary N) is 2. The number of rotatable bonds is 5. The Balaban J connectivity index is 2.24. The molecule has 0 unspecified atom stereocenters. The molecule has 0 aromatic heterocycles. The van der Waals surface area contributed by atoms with Gasteiger partial charge in [-0.05, 0) is 45.0 Å². The van der Waals surface area contributed by atoms with Gasteiger partial charge >= 0.3 is 0 Å². The second-order valence-electron chi connectivity index (χ2n) is 5.55. The topological polar surface area (TPSA) is 84.5 Å². The summed E-state index contributed by atoms with van der Waals surface area (Å²) in [6.45, 7) is 2.95. The standard InChI is InChI=1S/C15H21FN2O4S/c1-3-22-13-5-4-11(10-12(13)16)18-14(19)15(23(2,20)21)6-8-17-9-7-15/h4-5,10,17H,3,6-9H2,1-2H3,(H,18,19). The predicted molar refractivity (Wildman–Crippen MR) is 85.9 cm³/mol. The van der Waals surface area contributed by atoms with E-state index in [1.54, 1.807) is 6.92 Å².